The first-order chi connectivity index (χ1) is 8.52. The summed E-state index contributed by atoms with van der Waals surface area (Å²) in [5, 5.41) is 18.0. The maximum atomic E-state index is 9.03. The fraction of sp³-hybridized carbons (Fsp3) is 1.00. The third-order valence-corrected chi connectivity index (χ3v) is 2.16. The molecule has 0 aliphatic heterocycles. The molecule has 0 aliphatic carbocycles. The molecule has 0 bridgehead atoms. The lowest BCUT2D eigenvalue weighted by Crippen LogP contribution is -2.21. The fourth-order valence-corrected chi connectivity index (χ4v) is 1.26. The van der Waals surface area contributed by atoms with E-state index in [9.17, 15) is 0 Å². The van der Waals surface area contributed by atoms with E-state index >= 15 is 0 Å². The van der Waals surface area contributed by atoms with Crippen LogP contribution in [-0.2, 0) is 14.2 Å². The minimum atomic E-state index is -0.432. The van der Waals surface area contributed by atoms with Crippen LogP contribution < -0.4 is 0 Å². The highest BCUT2D eigenvalue weighted by atomic mass is 16.5. The van der Waals surface area contributed by atoms with Crippen molar-refractivity contribution in [3.63, 3.8) is 0 Å². The van der Waals surface area contributed by atoms with Gasteiger partial charge in [-0.1, -0.05) is 22.3 Å². The van der Waals surface area contributed by atoms with Crippen LogP contribution in [0.2, 0.25) is 0 Å². The minimum Gasteiger partial charge on any atom is -0.391 e. The molecule has 0 saturated carbocycles. The van der Waals surface area contributed by atoms with Gasteiger partial charge in [-0.25, -0.2) is 0 Å². The SMILES string of the molecule is C.C.C.CC(O)COCCCCOCC(C)OCC(C)O. The first-order valence-corrected chi connectivity index (χ1v) is 6.65. The normalized spacial score (nSPS) is 14.1. The van der Waals surface area contributed by atoms with Gasteiger partial charge in [0.1, 0.15) is 0 Å². The highest BCUT2D eigenvalue weighted by molar-refractivity contribution is 4.50. The van der Waals surface area contributed by atoms with Gasteiger partial charge in [0.25, 0.3) is 0 Å². The monoisotopic (exact) mass is 312 g/mol. The molecule has 3 unspecified atom stereocenters. The third kappa shape index (κ3) is 25.1. The van der Waals surface area contributed by atoms with Gasteiger partial charge in [-0.3, -0.25) is 0 Å². The molecule has 0 aromatic rings. The van der Waals surface area contributed by atoms with E-state index in [2.05, 4.69) is 0 Å². The molecule has 0 heterocycles. The molecule has 0 aliphatic rings. The third-order valence-electron chi connectivity index (χ3n) is 2.16. The number of unbranched alkanes of at least 4 members (excludes halogenated alkanes) is 1. The Morgan fingerprint density at radius 1 is 0.714 bits per heavy atom. The Morgan fingerprint density at radius 2 is 1.14 bits per heavy atom. The Labute approximate surface area is 132 Å². The average molecular weight is 312 g/mol. The molecular formula is C16H40O5. The number of aliphatic hydroxyl groups is 2. The van der Waals surface area contributed by atoms with Gasteiger partial charge in [-0.05, 0) is 33.6 Å². The van der Waals surface area contributed by atoms with E-state index in [4.69, 9.17) is 24.4 Å². The number of hydrogen-bond acceptors (Lipinski definition) is 5. The second-order valence-corrected chi connectivity index (χ2v) is 4.70. The predicted octanol–water partition coefficient (Wildman–Crippen LogP) is 2.87. The van der Waals surface area contributed by atoms with Crippen LogP contribution in [0, 0.1) is 0 Å². The molecule has 0 fully saturated rings. The van der Waals surface area contributed by atoms with E-state index in [1.807, 2.05) is 6.92 Å². The average Bonchev–Trinajstić information content (AvgIpc) is 2.29. The number of ether oxygens (including phenoxy) is 3. The van der Waals surface area contributed by atoms with Crippen LogP contribution in [0.1, 0.15) is 55.9 Å². The Hall–Kier alpha value is -0.200. The van der Waals surface area contributed by atoms with Crippen LogP contribution in [0.4, 0.5) is 0 Å². The highest BCUT2D eigenvalue weighted by Crippen LogP contribution is 1.97. The second kappa shape index (κ2) is 19.8. The Balaban J connectivity index is -0.000000482. The summed E-state index contributed by atoms with van der Waals surface area (Å²) in [5.41, 5.74) is 0. The zero-order valence-corrected chi connectivity index (χ0v) is 11.8. The molecule has 5 heteroatoms. The van der Waals surface area contributed by atoms with Crippen LogP contribution in [0.15, 0.2) is 0 Å². The molecule has 0 amide bonds. The van der Waals surface area contributed by atoms with Gasteiger partial charge in [-0.2, -0.15) is 0 Å². The zero-order chi connectivity index (χ0) is 13.8. The topological polar surface area (TPSA) is 68.2 Å². The van der Waals surface area contributed by atoms with Gasteiger partial charge in [0, 0.05) is 13.2 Å². The molecule has 5 nitrogen and oxygen atoms in total. The second-order valence-electron chi connectivity index (χ2n) is 4.70. The molecule has 0 aromatic heterocycles. The van der Waals surface area contributed by atoms with Gasteiger partial charge in [0.15, 0.2) is 0 Å². The van der Waals surface area contributed by atoms with Gasteiger partial charge in [0.2, 0.25) is 0 Å². The molecule has 21 heavy (non-hydrogen) atoms. The molecule has 0 saturated heterocycles. The maximum absolute atomic E-state index is 9.03. The summed E-state index contributed by atoms with van der Waals surface area (Å²) in [4.78, 5) is 0. The van der Waals surface area contributed by atoms with Crippen LogP contribution >= 0.6 is 0 Å². The lowest BCUT2D eigenvalue weighted by Gasteiger charge is -2.14. The van der Waals surface area contributed by atoms with E-state index in [0.29, 0.717) is 33.0 Å². The van der Waals surface area contributed by atoms with E-state index in [1.54, 1.807) is 13.8 Å². The van der Waals surface area contributed by atoms with Crippen LogP contribution in [-0.4, -0.2) is 61.6 Å². The number of aliphatic hydroxyl groups excluding tert-OH is 2. The molecular weight excluding hydrogens is 272 g/mol. The molecule has 134 valence electrons. The standard InChI is InChI=1S/C13H28O5.3CH4/c1-11(14)8-16-6-4-5-7-17-10-13(3)18-9-12(2)15;;;/h11-15H,4-10H2,1-3H3;3*1H4. The highest BCUT2D eigenvalue weighted by Gasteiger charge is 2.04. The van der Waals surface area contributed by atoms with Gasteiger partial charge >= 0.3 is 0 Å². The van der Waals surface area contributed by atoms with E-state index in [-0.39, 0.29) is 28.4 Å². The zero-order valence-electron chi connectivity index (χ0n) is 11.8. The molecule has 0 aromatic carbocycles. The van der Waals surface area contributed by atoms with E-state index in [1.165, 1.54) is 0 Å². The Kier molecular flexibility index (Phi) is 27.2. The Morgan fingerprint density at radius 3 is 1.57 bits per heavy atom. The Bertz CT molecular complexity index is 174. The van der Waals surface area contributed by atoms with Crippen molar-refractivity contribution >= 4 is 0 Å². The van der Waals surface area contributed by atoms with Crippen LogP contribution in [0.25, 0.3) is 0 Å². The van der Waals surface area contributed by atoms with Crippen LogP contribution in [0.5, 0.6) is 0 Å². The summed E-state index contributed by atoms with van der Waals surface area (Å²) in [6.07, 6.45) is 1.04. The smallest absolute Gasteiger partial charge is 0.0781 e. The first-order valence-electron chi connectivity index (χ1n) is 6.65. The summed E-state index contributed by atoms with van der Waals surface area (Å²) >= 11 is 0. The molecule has 2 N–H and O–H groups in total. The summed E-state index contributed by atoms with van der Waals surface area (Å²) in [5.74, 6) is 0. The van der Waals surface area contributed by atoms with Gasteiger partial charge < -0.3 is 24.4 Å². The number of rotatable bonds is 12. The lowest BCUT2D eigenvalue weighted by atomic mass is 10.3. The minimum absolute atomic E-state index is 0. The summed E-state index contributed by atoms with van der Waals surface area (Å²) < 4.78 is 16.0. The molecule has 3 atom stereocenters. The van der Waals surface area contributed by atoms with Crippen molar-refractivity contribution in [2.75, 3.05) is 33.0 Å². The van der Waals surface area contributed by atoms with Crippen molar-refractivity contribution in [2.45, 2.75) is 74.2 Å². The summed E-state index contributed by atoms with van der Waals surface area (Å²) in [7, 11) is 0. The predicted molar refractivity (Wildman–Crippen MR) is 89.8 cm³/mol. The summed E-state index contributed by atoms with van der Waals surface area (Å²) in [6.45, 7) is 7.94. The van der Waals surface area contributed by atoms with Crippen molar-refractivity contribution in [3.05, 3.63) is 0 Å². The van der Waals surface area contributed by atoms with E-state index in [0.717, 1.165) is 12.8 Å². The molecule has 0 rings (SSSR count). The van der Waals surface area contributed by atoms with Crippen molar-refractivity contribution in [3.8, 4) is 0 Å². The largest absolute Gasteiger partial charge is 0.391 e. The lowest BCUT2D eigenvalue weighted by molar-refractivity contribution is -0.0376. The molecule has 0 spiro atoms. The van der Waals surface area contributed by atoms with Crippen molar-refractivity contribution < 1.29 is 24.4 Å². The van der Waals surface area contributed by atoms with Gasteiger partial charge in [-0.15, -0.1) is 0 Å². The maximum Gasteiger partial charge on any atom is 0.0781 e. The van der Waals surface area contributed by atoms with E-state index < -0.39 is 12.2 Å². The van der Waals surface area contributed by atoms with Crippen LogP contribution in [0.3, 0.4) is 0 Å². The number of hydrogen-bond donors (Lipinski definition) is 2. The molecule has 0 radical (unpaired) electrons. The fourth-order valence-electron chi connectivity index (χ4n) is 1.26. The van der Waals surface area contributed by atoms with Crippen molar-refractivity contribution in [1.82, 2.24) is 0 Å². The quantitative estimate of drug-likeness (QED) is 0.542. The van der Waals surface area contributed by atoms with Gasteiger partial charge in [0.05, 0.1) is 38.1 Å². The van der Waals surface area contributed by atoms with Crippen molar-refractivity contribution in [1.29, 1.82) is 0 Å². The van der Waals surface area contributed by atoms with Crippen molar-refractivity contribution in [2.24, 2.45) is 0 Å². The summed E-state index contributed by atoms with van der Waals surface area (Å²) in [6, 6.07) is 0. The first kappa shape index (κ1) is 28.9.